The van der Waals surface area contributed by atoms with Gasteiger partial charge in [0.2, 0.25) is 11.8 Å². The SMILES string of the molecule is CCNCc1ccccc1N1C(=O)CCC1=O. The van der Waals surface area contributed by atoms with Crippen molar-refractivity contribution >= 4 is 17.5 Å². The summed E-state index contributed by atoms with van der Waals surface area (Å²) < 4.78 is 0. The fourth-order valence-corrected chi connectivity index (χ4v) is 1.98. The monoisotopic (exact) mass is 232 g/mol. The van der Waals surface area contributed by atoms with Gasteiger partial charge in [-0.3, -0.25) is 14.5 Å². The summed E-state index contributed by atoms with van der Waals surface area (Å²) in [6.07, 6.45) is 0.656. The third kappa shape index (κ3) is 2.36. The summed E-state index contributed by atoms with van der Waals surface area (Å²) in [6.45, 7) is 3.55. The van der Waals surface area contributed by atoms with Crippen LogP contribution in [-0.4, -0.2) is 18.4 Å². The number of carbonyl (C=O) groups excluding carboxylic acids is 2. The molecule has 1 aliphatic rings. The van der Waals surface area contributed by atoms with E-state index in [1.165, 1.54) is 4.90 Å². The number of nitrogens with one attached hydrogen (secondary N) is 1. The average Bonchev–Trinajstić information content (AvgIpc) is 2.67. The van der Waals surface area contributed by atoms with E-state index in [-0.39, 0.29) is 11.8 Å². The van der Waals surface area contributed by atoms with Gasteiger partial charge in [0.25, 0.3) is 0 Å². The van der Waals surface area contributed by atoms with Crippen molar-refractivity contribution in [1.29, 1.82) is 0 Å². The molecule has 17 heavy (non-hydrogen) atoms. The van der Waals surface area contributed by atoms with E-state index in [2.05, 4.69) is 5.32 Å². The van der Waals surface area contributed by atoms with Gasteiger partial charge in [0, 0.05) is 19.4 Å². The molecule has 0 unspecified atom stereocenters. The molecule has 1 aliphatic heterocycles. The van der Waals surface area contributed by atoms with Crippen molar-refractivity contribution < 1.29 is 9.59 Å². The lowest BCUT2D eigenvalue weighted by molar-refractivity contribution is -0.121. The first-order chi connectivity index (χ1) is 8.24. The van der Waals surface area contributed by atoms with Crippen LogP contribution in [0.2, 0.25) is 0 Å². The van der Waals surface area contributed by atoms with Crippen molar-refractivity contribution in [2.75, 3.05) is 11.4 Å². The van der Waals surface area contributed by atoms with Gasteiger partial charge in [0.15, 0.2) is 0 Å². The number of hydrogen-bond acceptors (Lipinski definition) is 3. The highest BCUT2D eigenvalue weighted by Crippen LogP contribution is 2.26. The van der Waals surface area contributed by atoms with E-state index in [0.717, 1.165) is 17.8 Å². The molecule has 0 aromatic heterocycles. The standard InChI is InChI=1S/C13H16N2O2/c1-2-14-9-10-5-3-4-6-11(10)15-12(16)7-8-13(15)17/h3-6,14H,2,7-9H2,1H3. The fraction of sp³-hybridized carbons (Fsp3) is 0.385. The minimum Gasteiger partial charge on any atom is -0.313 e. The van der Waals surface area contributed by atoms with Crippen molar-refractivity contribution in [3.8, 4) is 0 Å². The Morgan fingerprint density at radius 3 is 2.47 bits per heavy atom. The zero-order valence-corrected chi connectivity index (χ0v) is 9.90. The molecule has 1 fully saturated rings. The molecule has 0 atom stereocenters. The number of nitrogens with zero attached hydrogens (tertiary/aromatic N) is 1. The van der Waals surface area contributed by atoms with E-state index < -0.39 is 0 Å². The Kier molecular flexibility index (Phi) is 3.54. The Hall–Kier alpha value is -1.68. The van der Waals surface area contributed by atoms with Gasteiger partial charge >= 0.3 is 0 Å². The van der Waals surface area contributed by atoms with Gasteiger partial charge in [-0.05, 0) is 18.2 Å². The second-order valence-electron chi connectivity index (χ2n) is 4.03. The maximum Gasteiger partial charge on any atom is 0.234 e. The first-order valence-corrected chi connectivity index (χ1v) is 5.88. The number of imide groups is 1. The summed E-state index contributed by atoms with van der Waals surface area (Å²) in [4.78, 5) is 24.7. The van der Waals surface area contributed by atoms with Crippen LogP contribution >= 0.6 is 0 Å². The van der Waals surface area contributed by atoms with Gasteiger partial charge < -0.3 is 5.32 Å². The van der Waals surface area contributed by atoms with Gasteiger partial charge in [0.05, 0.1) is 5.69 Å². The van der Waals surface area contributed by atoms with Gasteiger partial charge in [-0.1, -0.05) is 25.1 Å². The van der Waals surface area contributed by atoms with Crippen LogP contribution in [-0.2, 0) is 16.1 Å². The zero-order valence-electron chi connectivity index (χ0n) is 9.90. The smallest absolute Gasteiger partial charge is 0.234 e. The first kappa shape index (κ1) is 11.8. The topological polar surface area (TPSA) is 49.4 Å². The van der Waals surface area contributed by atoms with Crippen molar-refractivity contribution in [2.24, 2.45) is 0 Å². The van der Waals surface area contributed by atoms with Crippen LogP contribution in [0.1, 0.15) is 25.3 Å². The van der Waals surface area contributed by atoms with Crippen LogP contribution in [0.25, 0.3) is 0 Å². The van der Waals surface area contributed by atoms with E-state index in [4.69, 9.17) is 0 Å². The summed E-state index contributed by atoms with van der Waals surface area (Å²) in [5.74, 6) is -0.196. The fourth-order valence-electron chi connectivity index (χ4n) is 1.98. The number of benzene rings is 1. The first-order valence-electron chi connectivity index (χ1n) is 5.88. The van der Waals surface area contributed by atoms with E-state index in [9.17, 15) is 9.59 Å². The Morgan fingerprint density at radius 1 is 1.18 bits per heavy atom. The van der Waals surface area contributed by atoms with Crippen LogP contribution in [0.15, 0.2) is 24.3 Å². The molecule has 0 bridgehead atoms. The third-order valence-electron chi connectivity index (χ3n) is 2.85. The molecule has 90 valence electrons. The summed E-state index contributed by atoms with van der Waals surface area (Å²) in [5, 5.41) is 3.21. The summed E-state index contributed by atoms with van der Waals surface area (Å²) in [7, 11) is 0. The number of anilines is 1. The van der Waals surface area contributed by atoms with Crippen molar-refractivity contribution in [3.05, 3.63) is 29.8 Å². The molecule has 1 heterocycles. The average molecular weight is 232 g/mol. The molecule has 1 aromatic rings. The highest BCUT2D eigenvalue weighted by Gasteiger charge is 2.31. The third-order valence-corrected chi connectivity index (χ3v) is 2.85. The van der Waals surface area contributed by atoms with Crippen LogP contribution in [0, 0.1) is 0 Å². The molecule has 2 rings (SSSR count). The molecule has 4 heteroatoms. The number of hydrogen-bond donors (Lipinski definition) is 1. The predicted octanol–water partition coefficient (Wildman–Crippen LogP) is 1.45. The molecule has 0 aliphatic carbocycles. The quantitative estimate of drug-likeness (QED) is 0.799. The number of para-hydroxylation sites is 1. The summed E-state index contributed by atoms with van der Waals surface area (Å²) >= 11 is 0. The van der Waals surface area contributed by atoms with Gasteiger partial charge in [-0.25, -0.2) is 0 Å². The second-order valence-corrected chi connectivity index (χ2v) is 4.03. The van der Waals surface area contributed by atoms with Crippen molar-refractivity contribution in [3.63, 3.8) is 0 Å². The molecule has 2 amide bonds. The van der Waals surface area contributed by atoms with Crippen LogP contribution < -0.4 is 10.2 Å². The van der Waals surface area contributed by atoms with Gasteiger partial charge in [-0.2, -0.15) is 0 Å². The number of carbonyl (C=O) groups is 2. The molecule has 1 N–H and O–H groups in total. The van der Waals surface area contributed by atoms with Crippen LogP contribution in [0.3, 0.4) is 0 Å². The molecular formula is C13H16N2O2. The lowest BCUT2D eigenvalue weighted by Gasteiger charge is -2.18. The van der Waals surface area contributed by atoms with Crippen LogP contribution in [0.5, 0.6) is 0 Å². The van der Waals surface area contributed by atoms with E-state index in [1.54, 1.807) is 0 Å². The molecule has 4 nitrogen and oxygen atoms in total. The van der Waals surface area contributed by atoms with Crippen LogP contribution in [0.4, 0.5) is 5.69 Å². The number of amides is 2. The lowest BCUT2D eigenvalue weighted by atomic mass is 10.1. The Labute approximate surface area is 101 Å². The maximum atomic E-state index is 11.7. The predicted molar refractivity (Wildman–Crippen MR) is 65.5 cm³/mol. The highest BCUT2D eigenvalue weighted by atomic mass is 16.2. The van der Waals surface area contributed by atoms with Gasteiger partial charge in [-0.15, -0.1) is 0 Å². The summed E-state index contributed by atoms with van der Waals surface area (Å²) in [5.41, 5.74) is 1.71. The second kappa shape index (κ2) is 5.10. The molecule has 0 radical (unpaired) electrons. The van der Waals surface area contributed by atoms with E-state index in [1.807, 2.05) is 31.2 Å². The molecule has 0 saturated carbocycles. The lowest BCUT2D eigenvalue weighted by Crippen LogP contribution is -2.30. The Bertz CT molecular complexity index is 427. The van der Waals surface area contributed by atoms with Gasteiger partial charge in [0.1, 0.15) is 0 Å². The Balaban J connectivity index is 2.30. The van der Waals surface area contributed by atoms with E-state index >= 15 is 0 Å². The van der Waals surface area contributed by atoms with Crippen molar-refractivity contribution in [1.82, 2.24) is 5.32 Å². The molecule has 1 aromatic carbocycles. The summed E-state index contributed by atoms with van der Waals surface area (Å²) in [6, 6.07) is 7.54. The zero-order chi connectivity index (χ0) is 12.3. The minimum absolute atomic E-state index is 0.0982. The largest absolute Gasteiger partial charge is 0.313 e. The molecule has 0 spiro atoms. The normalized spacial score (nSPS) is 15.7. The molecular weight excluding hydrogens is 216 g/mol. The van der Waals surface area contributed by atoms with E-state index in [0.29, 0.717) is 19.4 Å². The van der Waals surface area contributed by atoms with Crippen molar-refractivity contribution in [2.45, 2.75) is 26.3 Å². The highest BCUT2D eigenvalue weighted by molar-refractivity contribution is 6.20. The molecule has 1 saturated heterocycles. The maximum absolute atomic E-state index is 11.7. The minimum atomic E-state index is -0.0982. The Morgan fingerprint density at radius 2 is 1.82 bits per heavy atom. The number of rotatable bonds is 4.